The molecule has 2 N–H and O–H groups in total. The van der Waals surface area contributed by atoms with Gasteiger partial charge < -0.3 is 0 Å². The van der Waals surface area contributed by atoms with Crippen LogP contribution < -0.4 is 10.6 Å². The van der Waals surface area contributed by atoms with Crippen molar-refractivity contribution in [2.75, 3.05) is 0 Å². The Balaban J connectivity index is 1.82. The molecule has 0 amide bonds. The molecule has 1 aliphatic rings. The second-order valence-electron chi connectivity index (χ2n) is 4.86. The minimum atomic E-state index is 0.293. The molecule has 0 radical (unpaired) electrons. The van der Waals surface area contributed by atoms with Gasteiger partial charge in [0.25, 0.3) is 0 Å². The van der Waals surface area contributed by atoms with Crippen molar-refractivity contribution in [2.45, 2.75) is 22.7 Å². The number of rotatable bonds is 2. The predicted molar refractivity (Wildman–Crippen MR) is 87.1 cm³/mol. The van der Waals surface area contributed by atoms with Gasteiger partial charge in [-0.3, -0.25) is 10.6 Å². The highest BCUT2D eigenvalue weighted by Gasteiger charge is 2.27. The molecule has 1 heterocycles. The van der Waals surface area contributed by atoms with Gasteiger partial charge in [0.1, 0.15) is 4.17 Å². The number of nitrogens with one attached hydrogen (secondary N) is 2. The molecule has 2 nitrogen and oxygen atoms in total. The van der Waals surface area contributed by atoms with Gasteiger partial charge in [0.05, 0.1) is 0 Å². The fourth-order valence-electron chi connectivity index (χ4n) is 2.61. The molecule has 3 rings (SSSR count). The normalized spacial score (nSPS) is 27.1. The van der Waals surface area contributed by atoms with Crippen molar-refractivity contribution in [2.24, 2.45) is 0 Å². The Labute approximate surface area is 127 Å². The van der Waals surface area contributed by atoms with E-state index < -0.39 is 0 Å². The summed E-state index contributed by atoms with van der Waals surface area (Å²) in [7, 11) is 0. The Morgan fingerprint density at radius 1 is 0.737 bits per heavy atom. The fourth-order valence-corrected chi connectivity index (χ4v) is 3.48. The molecular weight excluding hydrogens is 347 g/mol. The molecule has 1 aliphatic heterocycles. The van der Waals surface area contributed by atoms with Crippen LogP contribution >= 0.6 is 22.6 Å². The van der Waals surface area contributed by atoms with Crippen molar-refractivity contribution in [3.05, 3.63) is 71.8 Å². The van der Waals surface area contributed by atoms with Crippen LogP contribution in [0, 0.1) is 0 Å². The van der Waals surface area contributed by atoms with Gasteiger partial charge in [0.15, 0.2) is 0 Å². The van der Waals surface area contributed by atoms with Gasteiger partial charge >= 0.3 is 0 Å². The van der Waals surface area contributed by atoms with Gasteiger partial charge in [0, 0.05) is 12.1 Å². The number of halogens is 1. The molecule has 0 saturated carbocycles. The molecular formula is C16H17IN2. The van der Waals surface area contributed by atoms with Crippen LogP contribution in [0.4, 0.5) is 0 Å². The molecule has 1 fully saturated rings. The summed E-state index contributed by atoms with van der Waals surface area (Å²) in [5.74, 6) is 0. The maximum absolute atomic E-state index is 3.61. The molecule has 0 spiro atoms. The minimum absolute atomic E-state index is 0.293. The van der Waals surface area contributed by atoms with Crippen molar-refractivity contribution < 1.29 is 0 Å². The van der Waals surface area contributed by atoms with Gasteiger partial charge in [-0.1, -0.05) is 60.7 Å². The first-order valence-corrected chi connectivity index (χ1v) is 7.83. The molecule has 2 unspecified atom stereocenters. The van der Waals surface area contributed by atoms with Gasteiger partial charge in [-0.25, -0.2) is 0 Å². The fraction of sp³-hybridized carbons (Fsp3) is 0.250. The Bertz CT molecular complexity index is 467. The third-order valence-corrected chi connectivity index (χ3v) is 4.29. The summed E-state index contributed by atoms with van der Waals surface area (Å²) in [6, 6.07) is 22.2. The lowest BCUT2D eigenvalue weighted by Crippen LogP contribution is -2.47. The lowest BCUT2D eigenvalue weighted by molar-refractivity contribution is 0.312. The Morgan fingerprint density at radius 3 is 1.58 bits per heavy atom. The monoisotopic (exact) mass is 364 g/mol. The first-order chi connectivity index (χ1) is 9.33. The Hall–Kier alpha value is -0.910. The lowest BCUT2D eigenvalue weighted by Gasteiger charge is -2.35. The molecule has 3 heteroatoms. The summed E-state index contributed by atoms with van der Waals surface area (Å²) in [5.41, 5.74) is 2.73. The van der Waals surface area contributed by atoms with Crippen LogP contribution in [0.1, 0.15) is 29.6 Å². The van der Waals surface area contributed by atoms with Crippen molar-refractivity contribution in [3.8, 4) is 0 Å². The minimum Gasteiger partial charge on any atom is -0.287 e. The largest absolute Gasteiger partial charge is 0.287 e. The summed E-state index contributed by atoms with van der Waals surface area (Å²) in [6.07, 6.45) is 1.08. The first-order valence-electron chi connectivity index (χ1n) is 6.59. The molecule has 1 saturated heterocycles. The molecule has 2 aromatic rings. The summed E-state index contributed by atoms with van der Waals surface area (Å²) < 4.78 is 0.293. The Kier molecular flexibility index (Phi) is 4.15. The number of hydrogen-bond acceptors (Lipinski definition) is 2. The molecule has 0 bridgehead atoms. The summed E-state index contributed by atoms with van der Waals surface area (Å²) in [4.78, 5) is 0. The van der Waals surface area contributed by atoms with Crippen LogP contribution in [-0.2, 0) is 0 Å². The van der Waals surface area contributed by atoms with Crippen LogP contribution in [-0.4, -0.2) is 4.17 Å². The van der Waals surface area contributed by atoms with E-state index in [0.717, 1.165) is 6.42 Å². The maximum atomic E-state index is 3.61. The van der Waals surface area contributed by atoms with Crippen molar-refractivity contribution in [1.82, 2.24) is 10.6 Å². The predicted octanol–water partition coefficient (Wildman–Crippen LogP) is 3.77. The SMILES string of the molecule is IC1NC(c2ccccc2)CC(c2ccccc2)N1. The van der Waals surface area contributed by atoms with E-state index in [1.807, 2.05) is 0 Å². The highest BCUT2D eigenvalue weighted by Crippen LogP contribution is 2.31. The van der Waals surface area contributed by atoms with E-state index in [9.17, 15) is 0 Å². The molecule has 0 aromatic heterocycles. The van der Waals surface area contributed by atoms with Crippen molar-refractivity contribution in [1.29, 1.82) is 0 Å². The quantitative estimate of drug-likeness (QED) is 0.482. The number of hydrogen-bond donors (Lipinski definition) is 2. The first kappa shape index (κ1) is 13.1. The molecule has 98 valence electrons. The van der Waals surface area contributed by atoms with Crippen LogP contribution in [0.25, 0.3) is 0 Å². The molecule has 2 atom stereocenters. The third-order valence-electron chi connectivity index (χ3n) is 3.57. The number of benzene rings is 2. The summed E-state index contributed by atoms with van der Waals surface area (Å²) in [5, 5.41) is 7.22. The number of alkyl halides is 1. The summed E-state index contributed by atoms with van der Waals surface area (Å²) in [6.45, 7) is 0. The lowest BCUT2D eigenvalue weighted by atomic mass is 9.93. The molecule has 0 aliphatic carbocycles. The standard InChI is InChI=1S/C16H17IN2/c17-16-18-14(12-7-3-1-4-8-12)11-15(19-16)13-9-5-2-6-10-13/h1-10,14-16,18-19H,11H2. The topological polar surface area (TPSA) is 24.1 Å². The van der Waals surface area contributed by atoms with E-state index in [1.54, 1.807) is 0 Å². The zero-order valence-corrected chi connectivity index (χ0v) is 12.7. The zero-order valence-electron chi connectivity index (χ0n) is 10.6. The average molecular weight is 364 g/mol. The van der Waals surface area contributed by atoms with E-state index in [4.69, 9.17) is 0 Å². The van der Waals surface area contributed by atoms with E-state index in [0.29, 0.717) is 16.3 Å². The van der Waals surface area contributed by atoms with Crippen LogP contribution in [0.15, 0.2) is 60.7 Å². The molecule has 19 heavy (non-hydrogen) atoms. The van der Waals surface area contributed by atoms with E-state index in [2.05, 4.69) is 93.9 Å². The van der Waals surface area contributed by atoms with Crippen molar-refractivity contribution in [3.63, 3.8) is 0 Å². The van der Waals surface area contributed by atoms with Crippen LogP contribution in [0.2, 0.25) is 0 Å². The van der Waals surface area contributed by atoms with Gasteiger partial charge in [-0.2, -0.15) is 0 Å². The second-order valence-corrected chi connectivity index (χ2v) is 6.10. The van der Waals surface area contributed by atoms with Crippen LogP contribution in [0.3, 0.4) is 0 Å². The zero-order chi connectivity index (χ0) is 13.1. The summed E-state index contributed by atoms with van der Waals surface area (Å²) >= 11 is 2.42. The highest BCUT2D eigenvalue weighted by molar-refractivity contribution is 14.1. The average Bonchev–Trinajstić information content (AvgIpc) is 2.48. The van der Waals surface area contributed by atoms with Crippen molar-refractivity contribution >= 4 is 22.6 Å². The maximum Gasteiger partial charge on any atom is 0.112 e. The highest BCUT2D eigenvalue weighted by atomic mass is 127. The van der Waals surface area contributed by atoms with E-state index >= 15 is 0 Å². The van der Waals surface area contributed by atoms with Gasteiger partial charge in [-0.15, -0.1) is 0 Å². The van der Waals surface area contributed by atoms with E-state index in [-0.39, 0.29) is 0 Å². The van der Waals surface area contributed by atoms with Crippen LogP contribution in [0.5, 0.6) is 0 Å². The second kappa shape index (κ2) is 6.03. The van der Waals surface area contributed by atoms with E-state index in [1.165, 1.54) is 11.1 Å². The molecule has 2 aromatic carbocycles. The smallest absolute Gasteiger partial charge is 0.112 e. The Morgan fingerprint density at radius 2 is 1.16 bits per heavy atom. The third kappa shape index (κ3) is 3.16. The van der Waals surface area contributed by atoms with Gasteiger partial charge in [-0.05, 0) is 40.1 Å². The van der Waals surface area contributed by atoms with Gasteiger partial charge in [0.2, 0.25) is 0 Å².